The first-order valence-electron chi connectivity index (χ1n) is 7.16. The van der Waals surface area contributed by atoms with Crippen LogP contribution < -0.4 is 0 Å². The molecule has 22 heavy (non-hydrogen) atoms. The Bertz CT molecular complexity index is 962. The summed E-state index contributed by atoms with van der Waals surface area (Å²) in [6.45, 7) is 0. The van der Waals surface area contributed by atoms with E-state index in [-0.39, 0.29) is 0 Å². The summed E-state index contributed by atoms with van der Waals surface area (Å²) < 4.78 is 5.65. The van der Waals surface area contributed by atoms with Gasteiger partial charge in [-0.3, -0.25) is 0 Å². The maximum Gasteiger partial charge on any atom is 0.135 e. The van der Waals surface area contributed by atoms with E-state index in [1.165, 1.54) is 10.8 Å². The van der Waals surface area contributed by atoms with Crippen LogP contribution in [-0.4, -0.2) is 9.97 Å². The van der Waals surface area contributed by atoms with Crippen LogP contribution in [0.15, 0.2) is 83.5 Å². The topological polar surface area (TPSA) is 41.8 Å². The van der Waals surface area contributed by atoms with Gasteiger partial charge in [0.05, 0.1) is 17.4 Å². The van der Waals surface area contributed by atoms with Crippen molar-refractivity contribution in [2.45, 2.75) is 0 Å². The number of benzene rings is 3. The molecular formula is C19H14N2O. The molecular weight excluding hydrogens is 272 g/mol. The Hall–Kier alpha value is -3.07. The van der Waals surface area contributed by atoms with Crippen molar-refractivity contribution in [1.29, 1.82) is 0 Å². The van der Waals surface area contributed by atoms with E-state index in [1.54, 1.807) is 6.33 Å². The predicted octanol–water partition coefficient (Wildman–Crippen LogP) is 5.15. The minimum atomic E-state index is 0.962. The minimum absolute atomic E-state index is 0.962. The standard InChI is InChI=1S/C12H8O.C7H6N2/c1-3-7-11-9(5-1)10-6-2-4-8-12(10)13-11;1-2-4-7-6(3-1)8-5-9-7/h1-8H;1-5H,(H,8,9). The lowest BCUT2D eigenvalue weighted by Crippen LogP contribution is -1.63. The molecule has 0 bridgehead atoms. The van der Waals surface area contributed by atoms with Crippen LogP contribution in [0.1, 0.15) is 0 Å². The number of hydrogen-bond acceptors (Lipinski definition) is 2. The molecule has 1 N–H and O–H groups in total. The van der Waals surface area contributed by atoms with Gasteiger partial charge in [-0.05, 0) is 24.3 Å². The highest BCUT2D eigenvalue weighted by atomic mass is 16.3. The SMILES string of the molecule is c1ccc2[nH]cnc2c1.c1ccc2c(c1)oc1ccccc12. The number of furan rings is 1. The van der Waals surface area contributed by atoms with Crippen molar-refractivity contribution in [3.8, 4) is 0 Å². The van der Waals surface area contributed by atoms with E-state index < -0.39 is 0 Å². The molecule has 0 saturated heterocycles. The van der Waals surface area contributed by atoms with Gasteiger partial charge in [0.2, 0.25) is 0 Å². The fourth-order valence-electron chi connectivity index (χ4n) is 2.55. The number of para-hydroxylation sites is 4. The van der Waals surface area contributed by atoms with Gasteiger partial charge in [-0.25, -0.2) is 4.98 Å². The summed E-state index contributed by atoms with van der Waals surface area (Å²) in [5, 5.41) is 2.39. The van der Waals surface area contributed by atoms with E-state index in [0.717, 1.165) is 22.2 Å². The second-order valence-electron chi connectivity index (χ2n) is 5.01. The van der Waals surface area contributed by atoms with Crippen LogP contribution in [0.2, 0.25) is 0 Å². The summed E-state index contributed by atoms with van der Waals surface area (Å²) in [5.41, 5.74) is 4.04. The van der Waals surface area contributed by atoms with E-state index in [2.05, 4.69) is 22.1 Å². The quantitative estimate of drug-likeness (QED) is 0.428. The van der Waals surface area contributed by atoms with Gasteiger partial charge < -0.3 is 9.40 Å². The third-order valence-electron chi connectivity index (χ3n) is 3.61. The average Bonchev–Trinajstić information content (AvgIpc) is 3.19. The molecule has 0 saturated carbocycles. The van der Waals surface area contributed by atoms with Crippen molar-refractivity contribution < 1.29 is 4.42 Å². The largest absolute Gasteiger partial charge is 0.456 e. The Labute approximate surface area is 127 Å². The first kappa shape index (κ1) is 12.7. The molecule has 0 amide bonds. The lowest BCUT2D eigenvalue weighted by Gasteiger charge is -1.85. The number of aromatic amines is 1. The van der Waals surface area contributed by atoms with E-state index in [1.807, 2.05) is 60.7 Å². The van der Waals surface area contributed by atoms with Crippen LogP contribution in [-0.2, 0) is 0 Å². The summed E-state index contributed by atoms with van der Waals surface area (Å²) >= 11 is 0. The van der Waals surface area contributed by atoms with Gasteiger partial charge >= 0.3 is 0 Å². The van der Waals surface area contributed by atoms with Gasteiger partial charge in [-0.15, -0.1) is 0 Å². The molecule has 0 atom stereocenters. The van der Waals surface area contributed by atoms with Crippen LogP contribution >= 0.6 is 0 Å². The van der Waals surface area contributed by atoms with Crippen molar-refractivity contribution >= 4 is 33.0 Å². The van der Waals surface area contributed by atoms with E-state index in [9.17, 15) is 0 Å². The molecule has 2 heterocycles. The van der Waals surface area contributed by atoms with Crippen LogP contribution in [0.25, 0.3) is 33.0 Å². The summed E-state index contributed by atoms with van der Waals surface area (Å²) in [4.78, 5) is 7.07. The third-order valence-corrected chi connectivity index (χ3v) is 3.61. The molecule has 2 aromatic heterocycles. The number of aromatic nitrogens is 2. The number of nitrogens with zero attached hydrogens (tertiary/aromatic N) is 1. The molecule has 106 valence electrons. The second-order valence-corrected chi connectivity index (χ2v) is 5.01. The molecule has 0 aliphatic carbocycles. The van der Waals surface area contributed by atoms with Crippen molar-refractivity contribution in [2.75, 3.05) is 0 Å². The van der Waals surface area contributed by atoms with Crippen LogP contribution in [0.4, 0.5) is 0 Å². The third kappa shape index (κ3) is 2.23. The van der Waals surface area contributed by atoms with Crippen molar-refractivity contribution in [3.05, 3.63) is 79.1 Å². The maximum absolute atomic E-state index is 5.65. The zero-order valence-electron chi connectivity index (χ0n) is 11.9. The van der Waals surface area contributed by atoms with Crippen LogP contribution in [0.5, 0.6) is 0 Å². The Morgan fingerprint density at radius 2 is 1.27 bits per heavy atom. The molecule has 3 aromatic carbocycles. The average molecular weight is 286 g/mol. The molecule has 3 heteroatoms. The fraction of sp³-hybridized carbons (Fsp3) is 0. The predicted molar refractivity (Wildman–Crippen MR) is 89.8 cm³/mol. The lowest BCUT2D eigenvalue weighted by atomic mass is 10.2. The first-order chi connectivity index (χ1) is 10.9. The molecule has 0 radical (unpaired) electrons. The molecule has 0 aliphatic heterocycles. The zero-order chi connectivity index (χ0) is 14.8. The van der Waals surface area contributed by atoms with E-state index in [0.29, 0.717) is 0 Å². The van der Waals surface area contributed by atoms with Crippen molar-refractivity contribution in [2.24, 2.45) is 0 Å². The van der Waals surface area contributed by atoms with Crippen LogP contribution in [0, 0.1) is 0 Å². The molecule has 5 aromatic rings. The monoisotopic (exact) mass is 286 g/mol. The Morgan fingerprint density at radius 1 is 0.682 bits per heavy atom. The van der Waals surface area contributed by atoms with E-state index in [4.69, 9.17) is 4.42 Å². The Kier molecular flexibility index (Phi) is 3.09. The van der Waals surface area contributed by atoms with Gasteiger partial charge in [0.1, 0.15) is 11.2 Å². The second kappa shape index (κ2) is 5.37. The lowest BCUT2D eigenvalue weighted by molar-refractivity contribution is 0.669. The summed E-state index contributed by atoms with van der Waals surface area (Å²) in [7, 11) is 0. The molecule has 0 aliphatic rings. The van der Waals surface area contributed by atoms with Gasteiger partial charge in [-0.2, -0.15) is 0 Å². The number of nitrogens with one attached hydrogen (secondary N) is 1. The molecule has 5 rings (SSSR count). The molecule has 0 spiro atoms. The zero-order valence-corrected chi connectivity index (χ0v) is 11.9. The van der Waals surface area contributed by atoms with Crippen LogP contribution in [0.3, 0.4) is 0 Å². The van der Waals surface area contributed by atoms with Gasteiger partial charge in [0, 0.05) is 10.8 Å². The highest BCUT2D eigenvalue weighted by Crippen LogP contribution is 2.27. The highest BCUT2D eigenvalue weighted by molar-refractivity contribution is 6.04. The number of imidazole rings is 1. The summed E-state index contributed by atoms with van der Waals surface area (Å²) in [5.74, 6) is 0. The number of hydrogen-bond donors (Lipinski definition) is 1. The molecule has 0 fully saturated rings. The smallest absolute Gasteiger partial charge is 0.135 e. The minimum Gasteiger partial charge on any atom is -0.456 e. The fourth-order valence-corrected chi connectivity index (χ4v) is 2.55. The van der Waals surface area contributed by atoms with Crippen molar-refractivity contribution in [1.82, 2.24) is 9.97 Å². The van der Waals surface area contributed by atoms with E-state index >= 15 is 0 Å². The summed E-state index contributed by atoms with van der Waals surface area (Å²) in [6, 6.07) is 24.1. The molecule has 3 nitrogen and oxygen atoms in total. The van der Waals surface area contributed by atoms with Gasteiger partial charge in [-0.1, -0.05) is 48.5 Å². The molecule has 0 unspecified atom stereocenters. The van der Waals surface area contributed by atoms with Gasteiger partial charge in [0.15, 0.2) is 0 Å². The number of rotatable bonds is 0. The van der Waals surface area contributed by atoms with Crippen molar-refractivity contribution in [3.63, 3.8) is 0 Å². The Balaban J connectivity index is 0.000000122. The Morgan fingerprint density at radius 3 is 1.95 bits per heavy atom. The first-order valence-corrected chi connectivity index (χ1v) is 7.16. The van der Waals surface area contributed by atoms with Gasteiger partial charge in [0.25, 0.3) is 0 Å². The highest BCUT2D eigenvalue weighted by Gasteiger charge is 2.03. The summed E-state index contributed by atoms with van der Waals surface area (Å²) in [6.07, 6.45) is 1.70. The number of H-pyrrole nitrogens is 1. The normalized spacial score (nSPS) is 10.7. The maximum atomic E-state index is 5.65. The number of fused-ring (bicyclic) bond motifs is 4.